The van der Waals surface area contributed by atoms with Crippen LogP contribution in [0.3, 0.4) is 0 Å². The van der Waals surface area contributed by atoms with E-state index >= 15 is 0 Å². The van der Waals surface area contributed by atoms with Gasteiger partial charge in [0.05, 0.1) is 0 Å². The fourth-order valence-electron chi connectivity index (χ4n) is 1.49. The van der Waals surface area contributed by atoms with Crippen LogP contribution < -0.4 is 0 Å². The summed E-state index contributed by atoms with van der Waals surface area (Å²) < 4.78 is 25.2. The first-order valence-electron chi connectivity index (χ1n) is 4.55. The molecule has 0 aliphatic heterocycles. The van der Waals surface area contributed by atoms with E-state index in [2.05, 4.69) is 0 Å². The van der Waals surface area contributed by atoms with Crippen LogP contribution in [-0.4, -0.2) is 28.6 Å². The lowest BCUT2D eigenvalue weighted by molar-refractivity contribution is -0.145. The predicted octanol–water partition coefficient (Wildman–Crippen LogP) is 2.25. The third-order valence-corrected chi connectivity index (χ3v) is 3.18. The number of hydrogen-bond acceptors (Lipinski definition) is 2. The van der Waals surface area contributed by atoms with Gasteiger partial charge in [-0.25, -0.2) is 13.6 Å². The van der Waals surface area contributed by atoms with Gasteiger partial charge in [-0.15, -0.1) is 0 Å². The number of carboxylic acid groups (broad SMARTS) is 2. The van der Waals surface area contributed by atoms with E-state index < -0.39 is 41.3 Å². The lowest BCUT2D eigenvalue weighted by Crippen LogP contribution is -2.33. The predicted molar refractivity (Wildman–Crippen MR) is 55.0 cm³/mol. The van der Waals surface area contributed by atoms with Crippen molar-refractivity contribution in [3.05, 3.63) is 22.3 Å². The Balaban J connectivity index is 3.34. The smallest absolute Gasteiger partial charge is 0.332 e. The van der Waals surface area contributed by atoms with Crippen molar-refractivity contribution in [1.82, 2.24) is 0 Å². The van der Waals surface area contributed by atoms with Gasteiger partial charge >= 0.3 is 11.9 Å². The molecule has 7 heteroatoms. The van der Waals surface area contributed by atoms with Gasteiger partial charge in [0.1, 0.15) is 5.41 Å². The average molecular weight is 267 g/mol. The van der Waals surface area contributed by atoms with E-state index in [0.29, 0.717) is 0 Å². The van der Waals surface area contributed by atoms with Gasteiger partial charge in [-0.3, -0.25) is 4.79 Å². The maximum Gasteiger partial charge on any atom is 0.332 e. The van der Waals surface area contributed by atoms with E-state index in [-0.39, 0.29) is 5.03 Å². The summed E-state index contributed by atoms with van der Waals surface area (Å²) >= 11 is 5.65. The van der Waals surface area contributed by atoms with E-state index in [9.17, 15) is 18.4 Å². The summed E-state index contributed by atoms with van der Waals surface area (Å²) in [5.74, 6) is -2.92. The van der Waals surface area contributed by atoms with Gasteiger partial charge in [0, 0.05) is 22.6 Å². The number of hydrogen-bond donors (Lipinski definition) is 2. The fourth-order valence-corrected chi connectivity index (χ4v) is 1.76. The molecule has 0 radical (unpaired) electrons. The zero-order valence-corrected chi connectivity index (χ0v) is 9.46. The van der Waals surface area contributed by atoms with Crippen molar-refractivity contribution in [3.63, 3.8) is 0 Å². The normalized spacial score (nSPS) is 24.9. The van der Waals surface area contributed by atoms with Gasteiger partial charge in [-0.1, -0.05) is 11.6 Å². The highest BCUT2D eigenvalue weighted by molar-refractivity contribution is 6.32. The molecule has 0 saturated heterocycles. The van der Waals surface area contributed by atoms with Gasteiger partial charge in [-0.05, 0) is 13.0 Å². The van der Waals surface area contributed by atoms with E-state index in [1.165, 1.54) is 6.92 Å². The molecule has 2 N–H and O–H groups in total. The Labute approximate surface area is 100 Å². The van der Waals surface area contributed by atoms with Gasteiger partial charge in [0.25, 0.3) is 6.43 Å². The van der Waals surface area contributed by atoms with Crippen molar-refractivity contribution in [2.45, 2.75) is 19.8 Å². The minimum Gasteiger partial charge on any atom is -0.481 e. The van der Waals surface area contributed by atoms with Gasteiger partial charge in [0.2, 0.25) is 0 Å². The summed E-state index contributed by atoms with van der Waals surface area (Å²) in [6.45, 7) is 1.19. The molecule has 0 heterocycles. The summed E-state index contributed by atoms with van der Waals surface area (Å²) in [6, 6.07) is 0. The lowest BCUT2D eigenvalue weighted by atomic mass is 9.77. The molecule has 0 bridgehead atoms. The minimum absolute atomic E-state index is 0.301. The van der Waals surface area contributed by atoms with Crippen molar-refractivity contribution in [1.29, 1.82) is 0 Å². The molecule has 0 amide bonds. The van der Waals surface area contributed by atoms with Crippen LogP contribution in [0.15, 0.2) is 22.3 Å². The molecule has 4 nitrogen and oxygen atoms in total. The first kappa shape index (κ1) is 13.6. The average Bonchev–Trinajstić information content (AvgIpc) is 2.20. The van der Waals surface area contributed by atoms with Crippen LogP contribution in [0.2, 0.25) is 0 Å². The number of carbonyl (C=O) groups is 2. The Morgan fingerprint density at radius 2 is 2.00 bits per heavy atom. The maximum absolute atomic E-state index is 12.6. The Morgan fingerprint density at radius 3 is 2.35 bits per heavy atom. The zero-order valence-electron chi connectivity index (χ0n) is 8.71. The summed E-state index contributed by atoms with van der Waals surface area (Å²) in [4.78, 5) is 21.8. The van der Waals surface area contributed by atoms with Crippen molar-refractivity contribution < 1.29 is 28.6 Å². The van der Waals surface area contributed by atoms with Crippen LogP contribution >= 0.6 is 11.6 Å². The number of aliphatic carboxylic acids is 2. The van der Waals surface area contributed by atoms with Crippen LogP contribution in [0.4, 0.5) is 8.78 Å². The Hall–Kier alpha value is -1.43. The number of rotatable bonds is 3. The van der Waals surface area contributed by atoms with Crippen molar-refractivity contribution >= 4 is 23.5 Å². The number of carboxylic acids is 2. The highest BCUT2D eigenvalue weighted by Gasteiger charge is 2.43. The summed E-state index contributed by atoms with van der Waals surface area (Å²) in [5, 5.41) is 17.5. The van der Waals surface area contributed by atoms with Crippen LogP contribution in [-0.2, 0) is 9.59 Å². The number of halogens is 3. The van der Waals surface area contributed by atoms with Crippen molar-refractivity contribution in [2.75, 3.05) is 0 Å². The second-order valence-corrected chi connectivity index (χ2v) is 4.25. The molecule has 1 unspecified atom stereocenters. The van der Waals surface area contributed by atoms with E-state index in [1.807, 2.05) is 0 Å². The molecule has 0 spiro atoms. The standard InChI is InChI=1S/C10H9ClF2O4/c1-10(9(16)17)3-5(8(14)15)4(7(12)13)2-6(10)11/h2,7H,3H2,1H3,(H,14,15)(H,16,17). The molecule has 94 valence electrons. The van der Waals surface area contributed by atoms with Crippen LogP contribution in [0.25, 0.3) is 0 Å². The minimum atomic E-state index is -3.01. The zero-order chi connectivity index (χ0) is 13.4. The Kier molecular flexibility index (Phi) is 3.56. The maximum atomic E-state index is 12.6. The molecule has 17 heavy (non-hydrogen) atoms. The number of alkyl halides is 2. The first-order valence-corrected chi connectivity index (χ1v) is 4.93. The van der Waals surface area contributed by atoms with Gasteiger partial charge < -0.3 is 10.2 Å². The van der Waals surface area contributed by atoms with E-state index in [4.69, 9.17) is 21.8 Å². The van der Waals surface area contributed by atoms with E-state index in [1.54, 1.807) is 0 Å². The molecule has 0 aromatic heterocycles. The molecule has 1 rings (SSSR count). The molecule has 0 aromatic rings. The molecule has 1 aliphatic rings. The highest BCUT2D eigenvalue weighted by atomic mass is 35.5. The third kappa shape index (κ3) is 2.31. The lowest BCUT2D eigenvalue weighted by Gasteiger charge is -2.29. The molecule has 0 aromatic carbocycles. The molecular formula is C10H9ClF2O4. The molecule has 0 fully saturated rings. The summed E-state index contributed by atoms with van der Waals surface area (Å²) in [7, 11) is 0. The van der Waals surface area contributed by atoms with E-state index in [0.717, 1.165) is 6.08 Å². The SMILES string of the molecule is CC1(C(=O)O)CC(C(=O)O)=C(C(F)F)C=C1Cl. The van der Waals surface area contributed by atoms with Gasteiger partial charge in [-0.2, -0.15) is 0 Å². The monoisotopic (exact) mass is 266 g/mol. The summed E-state index contributed by atoms with van der Waals surface area (Å²) in [6.07, 6.45) is -2.84. The third-order valence-electron chi connectivity index (χ3n) is 2.65. The number of allylic oxidation sites excluding steroid dienone is 2. The Morgan fingerprint density at radius 1 is 1.47 bits per heavy atom. The van der Waals surface area contributed by atoms with Crippen LogP contribution in [0.5, 0.6) is 0 Å². The second-order valence-electron chi connectivity index (χ2n) is 3.85. The van der Waals surface area contributed by atoms with Gasteiger partial charge in [0.15, 0.2) is 0 Å². The molecule has 0 saturated carbocycles. The molecular weight excluding hydrogens is 258 g/mol. The van der Waals surface area contributed by atoms with Crippen LogP contribution in [0, 0.1) is 5.41 Å². The largest absolute Gasteiger partial charge is 0.481 e. The second kappa shape index (κ2) is 4.44. The highest BCUT2D eigenvalue weighted by Crippen LogP contribution is 2.43. The van der Waals surface area contributed by atoms with Crippen molar-refractivity contribution in [3.8, 4) is 0 Å². The fraction of sp³-hybridized carbons (Fsp3) is 0.400. The topological polar surface area (TPSA) is 74.6 Å². The summed E-state index contributed by atoms with van der Waals surface area (Å²) in [5.41, 5.74) is -3.02. The molecule has 1 aliphatic carbocycles. The quantitative estimate of drug-likeness (QED) is 0.821. The Bertz CT molecular complexity index is 442. The first-order chi connectivity index (χ1) is 7.70. The van der Waals surface area contributed by atoms with Crippen LogP contribution in [0.1, 0.15) is 13.3 Å². The molecule has 1 atom stereocenters. The van der Waals surface area contributed by atoms with Crippen molar-refractivity contribution in [2.24, 2.45) is 5.41 Å².